The van der Waals surface area contributed by atoms with Crippen LogP contribution in [0.4, 0.5) is 0 Å². The molecule has 2 nitrogen and oxygen atoms in total. The molecular formula is C16H11ClO2S2. The third-order valence-corrected chi connectivity index (χ3v) is 6.11. The van der Waals surface area contributed by atoms with Gasteiger partial charge in [0.25, 0.3) is 0 Å². The second-order valence-electron chi connectivity index (χ2n) is 4.96. The van der Waals surface area contributed by atoms with Crippen LogP contribution in [0.5, 0.6) is 0 Å². The van der Waals surface area contributed by atoms with Crippen molar-refractivity contribution in [2.45, 2.75) is 12.2 Å². The van der Waals surface area contributed by atoms with Gasteiger partial charge >= 0.3 is 0 Å². The zero-order valence-electron chi connectivity index (χ0n) is 11.0. The van der Waals surface area contributed by atoms with Crippen molar-refractivity contribution in [3.8, 4) is 0 Å². The van der Waals surface area contributed by atoms with E-state index in [1.54, 1.807) is 23.5 Å². The van der Waals surface area contributed by atoms with E-state index in [0.29, 0.717) is 16.4 Å². The monoisotopic (exact) mass is 334 g/mol. The molecule has 0 aliphatic carbocycles. The second kappa shape index (κ2) is 5.20. The maximum absolute atomic E-state index is 12.6. The minimum absolute atomic E-state index is 0.0494. The van der Waals surface area contributed by atoms with Gasteiger partial charge in [0.05, 0.1) is 9.90 Å². The van der Waals surface area contributed by atoms with E-state index in [9.17, 15) is 4.79 Å². The summed E-state index contributed by atoms with van der Waals surface area (Å²) < 4.78 is 5.67. The summed E-state index contributed by atoms with van der Waals surface area (Å²) in [7, 11) is 0. The second-order valence-corrected chi connectivity index (χ2v) is 7.61. The van der Waals surface area contributed by atoms with Gasteiger partial charge in [0, 0.05) is 16.0 Å². The number of fused-ring (bicyclic) bond motifs is 2. The molecule has 0 fully saturated rings. The minimum atomic E-state index is -0.0494. The first-order valence-electron chi connectivity index (χ1n) is 6.64. The number of aryl methyl sites for hydroxylation is 1. The molecule has 3 aromatic rings. The van der Waals surface area contributed by atoms with Crippen LogP contribution < -0.4 is 0 Å². The average Bonchev–Trinajstić information content (AvgIpc) is 3.11. The summed E-state index contributed by atoms with van der Waals surface area (Å²) in [6.45, 7) is 0. The quantitative estimate of drug-likeness (QED) is 0.606. The SMILES string of the molecule is O=C(c1cc2cccc(Cl)c2o1)c1cc2c(s1)CCSC2. The van der Waals surface area contributed by atoms with Crippen LogP contribution in [0.2, 0.25) is 5.02 Å². The Hall–Kier alpha value is -1.23. The number of hydrogen-bond donors (Lipinski definition) is 0. The summed E-state index contributed by atoms with van der Waals surface area (Å²) in [5.74, 6) is 2.46. The predicted molar refractivity (Wildman–Crippen MR) is 88.8 cm³/mol. The molecule has 0 bridgehead atoms. The molecular weight excluding hydrogens is 324 g/mol. The smallest absolute Gasteiger partial charge is 0.238 e. The number of benzene rings is 1. The molecule has 0 radical (unpaired) electrons. The summed E-state index contributed by atoms with van der Waals surface area (Å²) in [6.07, 6.45) is 1.06. The standard InChI is InChI=1S/C16H11ClO2S2/c17-11-3-1-2-9-6-12(19-16(9)11)15(18)14-7-10-8-20-5-4-13(10)21-14/h1-3,6-7H,4-5,8H2. The molecule has 106 valence electrons. The molecule has 4 rings (SSSR count). The van der Waals surface area contributed by atoms with E-state index in [4.69, 9.17) is 16.0 Å². The Bertz CT molecular complexity index is 824. The van der Waals surface area contributed by atoms with Crippen molar-refractivity contribution in [3.05, 3.63) is 56.4 Å². The molecule has 21 heavy (non-hydrogen) atoms. The van der Waals surface area contributed by atoms with Crippen LogP contribution in [0, 0.1) is 0 Å². The lowest BCUT2D eigenvalue weighted by Crippen LogP contribution is -1.96. The highest BCUT2D eigenvalue weighted by Gasteiger charge is 2.21. The fourth-order valence-corrected chi connectivity index (χ4v) is 5.06. The van der Waals surface area contributed by atoms with Crippen LogP contribution in [0.3, 0.4) is 0 Å². The van der Waals surface area contributed by atoms with Crippen molar-refractivity contribution in [2.24, 2.45) is 0 Å². The number of thioether (sulfide) groups is 1. The van der Waals surface area contributed by atoms with E-state index < -0.39 is 0 Å². The molecule has 1 aliphatic rings. The topological polar surface area (TPSA) is 30.2 Å². The minimum Gasteiger partial charge on any atom is -0.451 e. The van der Waals surface area contributed by atoms with E-state index in [-0.39, 0.29) is 5.78 Å². The first kappa shape index (κ1) is 13.4. The number of ketones is 1. The number of carbonyl (C=O) groups is 1. The van der Waals surface area contributed by atoms with Crippen LogP contribution >= 0.6 is 34.7 Å². The molecule has 2 aromatic heterocycles. The maximum Gasteiger partial charge on any atom is 0.238 e. The Balaban J connectivity index is 1.75. The van der Waals surface area contributed by atoms with Gasteiger partial charge < -0.3 is 4.42 Å². The Labute approximate surface area is 135 Å². The molecule has 0 N–H and O–H groups in total. The van der Waals surface area contributed by atoms with E-state index >= 15 is 0 Å². The lowest BCUT2D eigenvalue weighted by molar-refractivity contribution is 0.101. The van der Waals surface area contributed by atoms with Gasteiger partial charge in [-0.2, -0.15) is 11.8 Å². The number of para-hydroxylation sites is 1. The van der Waals surface area contributed by atoms with Gasteiger partial charge in [-0.1, -0.05) is 23.7 Å². The Kier molecular flexibility index (Phi) is 3.32. The lowest BCUT2D eigenvalue weighted by atomic mass is 10.2. The molecule has 1 aliphatic heterocycles. The van der Waals surface area contributed by atoms with Crippen molar-refractivity contribution >= 4 is 51.5 Å². The zero-order valence-corrected chi connectivity index (χ0v) is 13.4. The predicted octanol–water partition coefficient (Wildman–Crippen LogP) is 5.17. The highest BCUT2D eigenvalue weighted by atomic mass is 35.5. The number of thiophene rings is 1. The summed E-state index contributed by atoms with van der Waals surface area (Å²) >= 11 is 9.61. The maximum atomic E-state index is 12.6. The van der Waals surface area contributed by atoms with Gasteiger partial charge in [0.2, 0.25) is 5.78 Å². The van der Waals surface area contributed by atoms with E-state index in [1.807, 2.05) is 30.0 Å². The van der Waals surface area contributed by atoms with E-state index in [2.05, 4.69) is 0 Å². The number of furan rings is 1. The molecule has 0 unspecified atom stereocenters. The molecule has 3 heterocycles. The van der Waals surface area contributed by atoms with Crippen LogP contribution in [-0.4, -0.2) is 11.5 Å². The largest absolute Gasteiger partial charge is 0.451 e. The van der Waals surface area contributed by atoms with Crippen LogP contribution in [0.25, 0.3) is 11.0 Å². The Morgan fingerprint density at radius 3 is 3.00 bits per heavy atom. The summed E-state index contributed by atoms with van der Waals surface area (Å²) in [6, 6.07) is 9.32. The molecule has 0 amide bonds. The van der Waals surface area contributed by atoms with Crippen molar-refractivity contribution in [1.29, 1.82) is 0 Å². The fourth-order valence-electron chi connectivity index (χ4n) is 2.52. The van der Waals surface area contributed by atoms with Crippen molar-refractivity contribution in [1.82, 2.24) is 0 Å². The first-order valence-corrected chi connectivity index (χ1v) is 8.99. The van der Waals surface area contributed by atoms with E-state index in [0.717, 1.165) is 28.2 Å². The normalized spacial score (nSPS) is 14.3. The fraction of sp³-hybridized carbons (Fsp3) is 0.188. The highest BCUT2D eigenvalue weighted by Crippen LogP contribution is 2.34. The third-order valence-electron chi connectivity index (χ3n) is 3.57. The third kappa shape index (κ3) is 2.31. The molecule has 0 atom stereocenters. The van der Waals surface area contributed by atoms with Crippen molar-refractivity contribution in [3.63, 3.8) is 0 Å². The first-order chi connectivity index (χ1) is 10.2. The number of halogens is 1. The molecule has 0 saturated heterocycles. The zero-order chi connectivity index (χ0) is 14.4. The summed E-state index contributed by atoms with van der Waals surface area (Å²) in [4.78, 5) is 14.7. The molecule has 0 spiro atoms. The number of rotatable bonds is 2. The van der Waals surface area contributed by atoms with Crippen LogP contribution in [0.15, 0.2) is 34.7 Å². The van der Waals surface area contributed by atoms with Gasteiger partial charge in [-0.25, -0.2) is 0 Å². The molecule has 5 heteroatoms. The van der Waals surface area contributed by atoms with Gasteiger partial charge in [-0.05, 0) is 35.9 Å². The molecule has 1 aromatic carbocycles. The molecule has 0 saturated carbocycles. The highest BCUT2D eigenvalue weighted by molar-refractivity contribution is 7.98. The van der Waals surface area contributed by atoms with Crippen molar-refractivity contribution in [2.75, 3.05) is 5.75 Å². The number of hydrogen-bond acceptors (Lipinski definition) is 4. The van der Waals surface area contributed by atoms with Crippen LogP contribution in [0.1, 0.15) is 25.9 Å². The number of carbonyl (C=O) groups excluding carboxylic acids is 1. The van der Waals surface area contributed by atoms with Crippen molar-refractivity contribution < 1.29 is 9.21 Å². The summed E-state index contributed by atoms with van der Waals surface area (Å²) in [5.41, 5.74) is 1.88. The Morgan fingerprint density at radius 2 is 2.19 bits per heavy atom. The van der Waals surface area contributed by atoms with Gasteiger partial charge in [0.1, 0.15) is 0 Å². The van der Waals surface area contributed by atoms with Gasteiger partial charge in [-0.15, -0.1) is 11.3 Å². The lowest BCUT2D eigenvalue weighted by Gasteiger charge is -2.08. The van der Waals surface area contributed by atoms with Gasteiger partial charge in [-0.3, -0.25) is 4.79 Å². The summed E-state index contributed by atoms with van der Waals surface area (Å²) in [5, 5.41) is 1.40. The van der Waals surface area contributed by atoms with Crippen LogP contribution in [-0.2, 0) is 12.2 Å². The van der Waals surface area contributed by atoms with E-state index in [1.165, 1.54) is 10.4 Å². The van der Waals surface area contributed by atoms with Gasteiger partial charge in [0.15, 0.2) is 11.3 Å². The Morgan fingerprint density at radius 1 is 1.29 bits per heavy atom. The average molecular weight is 335 g/mol.